The van der Waals surface area contributed by atoms with Gasteiger partial charge in [-0.15, -0.1) is 0 Å². The van der Waals surface area contributed by atoms with E-state index in [9.17, 15) is 5.11 Å². The molecule has 100 valence electrons. The monoisotopic (exact) mass is 249 g/mol. The maximum absolute atomic E-state index is 10.2. The lowest BCUT2D eigenvalue weighted by Crippen LogP contribution is -2.62. The second-order valence-corrected chi connectivity index (χ2v) is 5.71. The van der Waals surface area contributed by atoms with E-state index in [1.165, 1.54) is 0 Å². The molecule has 1 aliphatic rings. The van der Waals surface area contributed by atoms with Gasteiger partial charge in [-0.05, 0) is 13.3 Å². The van der Waals surface area contributed by atoms with E-state index in [1.807, 2.05) is 13.0 Å². The Morgan fingerprint density at radius 2 is 2.06 bits per heavy atom. The Balaban J connectivity index is 2.12. The molecule has 0 atom stereocenters. The van der Waals surface area contributed by atoms with Crippen LogP contribution in [0.15, 0.2) is 6.07 Å². The van der Waals surface area contributed by atoms with E-state index in [-0.39, 0.29) is 0 Å². The van der Waals surface area contributed by atoms with Gasteiger partial charge in [0.15, 0.2) is 0 Å². The van der Waals surface area contributed by atoms with Gasteiger partial charge in [-0.1, -0.05) is 27.2 Å². The number of hydrogen-bond donors (Lipinski definition) is 1. The van der Waals surface area contributed by atoms with Crippen molar-refractivity contribution >= 4 is 5.82 Å². The van der Waals surface area contributed by atoms with Crippen LogP contribution in [0.1, 0.15) is 51.0 Å². The van der Waals surface area contributed by atoms with Gasteiger partial charge in [0.05, 0.1) is 5.60 Å². The van der Waals surface area contributed by atoms with Crippen molar-refractivity contribution in [2.24, 2.45) is 0 Å². The van der Waals surface area contributed by atoms with Crippen LogP contribution >= 0.6 is 0 Å². The molecular weight excluding hydrogens is 226 g/mol. The first kappa shape index (κ1) is 13.3. The van der Waals surface area contributed by atoms with Crippen molar-refractivity contribution in [1.82, 2.24) is 9.97 Å². The summed E-state index contributed by atoms with van der Waals surface area (Å²) in [6, 6.07) is 2.00. The number of anilines is 1. The first-order valence-corrected chi connectivity index (χ1v) is 6.76. The van der Waals surface area contributed by atoms with Crippen LogP contribution in [-0.4, -0.2) is 33.8 Å². The van der Waals surface area contributed by atoms with Gasteiger partial charge in [0.1, 0.15) is 11.6 Å². The predicted octanol–water partition coefficient (Wildman–Crippen LogP) is 2.26. The molecule has 4 nitrogen and oxygen atoms in total. The highest BCUT2D eigenvalue weighted by atomic mass is 16.3. The van der Waals surface area contributed by atoms with Gasteiger partial charge < -0.3 is 10.0 Å². The predicted molar refractivity (Wildman–Crippen MR) is 72.9 cm³/mol. The van der Waals surface area contributed by atoms with Gasteiger partial charge in [-0.3, -0.25) is 0 Å². The molecule has 4 heteroatoms. The normalized spacial score (nSPS) is 18.0. The molecule has 0 aliphatic carbocycles. The Kier molecular flexibility index (Phi) is 3.57. The summed E-state index contributed by atoms with van der Waals surface area (Å²) in [5.41, 5.74) is 0.487. The largest absolute Gasteiger partial charge is 0.386 e. The zero-order valence-electron chi connectivity index (χ0n) is 11.8. The summed E-state index contributed by atoms with van der Waals surface area (Å²) in [6.07, 6.45) is 1.88. The zero-order chi connectivity index (χ0) is 13.3. The number of rotatable bonds is 4. The fourth-order valence-corrected chi connectivity index (χ4v) is 2.44. The number of β-amino-alcohol motifs (C(OH)–C–C–N with tert-alkyl or cyclic N) is 1. The summed E-state index contributed by atoms with van der Waals surface area (Å²) >= 11 is 0. The van der Waals surface area contributed by atoms with Crippen LogP contribution in [0.4, 0.5) is 5.82 Å². The number of aryl methyl sites for hydroxylation is 1. The molecule has 0 amide bonds. The molecule has 1 fully saturated rings. The second-order valence-electron chi connectivity index (χ2n) is 5.71. The molecule has 2 rings (SSSR count). The van der Waals surface area contributed by atoms with Crippen LogP contribution in [0.2, 0.25) is 0 Å². The summed E-state index contributed by atoms with van der Waals surface area (Å²) in [4.78, 5) is 11.2. The number of hydrogen-bond acceptors (Lipinski definition) is 4. The highest BCUT2D eigenvalue weighted by Gasteiger charge is 2.41. The third kappa shape index (κ3) is 2.64. The molecule has 1 aromatic rings. The molecule has 1 N–H and O–H groups in total. The molecule has 18 heavy (non-hydrogen) atoms. The van der Waals surface area contributed by atoms with Gasteiger partial charge in [-0.2, -0.15) is 0 Å². The van der Waals surface area contributed by atoms with E-state index in [1.54, 1.807) is 0 Å². The van der Waals surface area contributed by atoms with Gasteiger partial charge in [0.2, 0.25) is 0 Å². The molecule has 0 spiro atoms. The molecule has 0 bridgehead atoms. The molecule has 0 saturated carbocycles. The lowest BCUT2D eigenvalue weighted by Gasteiger charge is -2.47. The van der Waals surface area contributed by atoms with Crippen LogP contribution in [0.25, 0.3) is 0 Å². The van der Waals surface area contributed by atoms with E-state index in [0.29, 0.717) is 19.0 Å². The summed E-state index contributed by atoms with van der Waals surface area (Å²) in [6.45, 7) is 9.68. The third-order valence-corrected chi connectivity index (χ3v) is 3.38. The molecular formula is C14H23N3O. The minimum Gasteiger partial charge on any atom is -0.386 e. The van der Waals surface area contributed by atoms with Crippen molar-refractivity contribution in [3.8, 4) is 0 Å². The summed E-state index contributed by atoms with van der Waals surface area (Å²) in [5.74, 6) is 2.17. The van der Waals surface area contributed by atoms with Crippen LogP contribution in [0.5, 0.6) is 0 Å². The summed E-state index contributed by atoms with van der Waals surface area (Å²) in [7, 11) is 0. The van der Waals surface area contributed by atoms with Crippen molar-refractivity contribution in [3.63, 3.8) is 0 Å². The van der Waals surface area contributed by atoms with Crippen molar-refractivity contribution < 1.29 is 5.11 Å². The summed E-state index contributed by atoms with van der Waals surface area (Å²) < 4.78 is 0. The Morgan fingerprint density at radius 3 is 2.61 bits per heavy atom. The van der Waals surface area contributed by atoms with E-state index in [4.69, 9.17) is 0 Å². The first-order valence-electron chi connectivity index (χ1n) is 6.76. The molecule has 1 aliphatic heterocycles. The molecule has 0 radical (unpaired) electrons. The summed E-state index contributed by atoms with van der Waals surface area (Å²) in [5, 5.41) is 10.2. The minimum absolute atomic E-state index is 0.333. The topological polar surface area (TPSA) is 49.2 Å². The van der Waals surface area contributed by atoms with Gasteiger partial charge in [0, 0.05) is 30.8 Å². The maximum atomic E-state index is 10.2. The highest BCUT2D eigenvalue weighted by molar-refractivity contribution is 5.45. The van der Waals surface area contributed by atoms with Crippen LogP contribution in [0, 0.1) is 6.92 Å². The number of nitrogens with zero attached hydrogens (tertiary/aromatic N) is 3. The lowest BCUT2D eigenvalue weighted by molar-refractivity contribution is 0.00289. The molecule has 0 unspecified atom stereocenters. The van der Waals surface area contributed by atoms with Crippen molar-refractivity contribution in [2.75, 3.05) is 18.0 Å². The second kappa shape index (κ2) is 4.84. The number of aromatic nitrogens is 2. The Morgan fingerprint density at radius 1 is 1.39 bits per heavy atom. The fraction of sp³-hybridized carbons (Fsp3) is 0.714. The smallest absolute Gasteiger partial charge is 0.133 e. The molecule has 0 aromatic carbocycles. The Labute approximate surface area is 109 Å². The third-order valence-electron chi connectivity index (χ3n) is 3.38. The number of aliphatic hydroxyl groups is 1. The van der Waals surface area contributed by atoms with E-state index < -0.39 is 5.60 Å². The van der Waals surface area contributed by atoms with Crippen LogP contribution < -0.4 is 4.90 Å². The average molecular weight is 249 g/mol. The molecule has 1 saturated heterocycles. The standard InChI is InChI=1S/C14H23N3O/c1-5-6-14(18)8-17(9-14)12-7-11(4)15-13(16-12)10(2)3/h7,10,18H,5-6,8-9H2,1-4H3. The minimum atomic E-state index is -0.508. The Hall–Kier alpha value is -1.16. The van der Waals surface area contributed by atoms with Gasteiger partial charge >= 0.3 is 0 Å². The van der Waals surface area contributed by atoms with E-state index in [0.717, 1.165) is 30.2 Å². The van der Waals surface area contributed by atoms with Crippen molar-refractivity contribution in [3.05, 3.63) is 17.6 Å². The maximum Gasteiger partial charge on any atom is 0.133 e. The van der Waals surface area contributed by atoms with E-state index in [2.05, 4.69) is 35.6 Å². The van der Waals surface area contributed by atoms with Gasteiger partial charge in [-0.25, -0.2) is 9.97 Å². The van der Waals surface area contributed by atoms with E-state index >= 15 is 0 Å². The average Bonchev–Trinajstić information content (AvgIpc) is 2.25. The highest BCUT2D eigenvalue weighted by Crippen LogP contribution is 2.30. The van der Waals surface area contributed by atoms with Crippen LogP contribution in [-0.2, 0) is 0 Å². The van der Waals surface area contributed by atoms with Crippen molar-refractivity contribution in [1.29, 1.82) is 0 Å². The Bertz CT molecular complexity index is 425. The quantitative estimate of drug-likeness (QED) is 0.889. The fourth-order valence-electron chi connectivity index (χ4n) is 2.44. The van der Waals surface area contributed by atoms with Gasteiger partial charge in [0.25, 0.3) is 0 Å². The zero-order valence-corrected chi connectivity index (χ0v) is 11.8. The first-order chi connectivity index (χ1) is 8.43. The van der Waals surface area contributed by atoms with Crippen molar-refractivity contribution in [2.45, 2.75) is 52.1 Å². The molecule has 2 heterocycles. The molecule has 1 aromatic heterocycles. The van der Waals surface area contributed by atoms with Crippen LogP contribution in [0.3, 0.4) is 0 Å². The lowest BCUT2D eigenvalue weighted by atomic mass is 9.89. The SMILES string of the molecule is CCCC1(O)CN(c2cc(C)nc(C(C)C)n2)C1.